The Kier molecular flexibility index (Phi) is 4.58. The average molecular weight is 364 g/mol. The van der Waals surface area contributed by atoms with Gasteiger partial charge < -0.3 is 4.98 Å². The minimum absolute atomic E-state index is 0.250. The van der Waals surface area contributed by atoms with Crippen molar-refractivity contribution >= 4 is 20.9 Å². The van der Waals surface area contributed by atoms with E-state index in [1.165, 1.54) is 31.4 Å². The molecule has 0 saturated heterocycles. The Morgan fingerprint density at radius 2 is 2.12 bits per heavy atom. The lowest BCUT2D eigenvalue weighted by Gasteiger charge is -2.21. The number of fused-ring (bicyclic) bond motifs is 3. The van der Waals surface area contributed by atoms with E-state index in [4.69, 9.17) is 0 Å². The summed E-state index contributed by atoms with van der Waals surface area (Å²) in [7, 11) is -3.20. The number of hydrogen-bond acceptors (Lipinski definition) is 2. The van der Waals surface area contributed by atoms with Gasteiger partial charge in [-0.05, 0) is 73.6 Å². The summed E-state index contributed by atoms with van der Waals surface area (Å²) in [6.07, 6.45) is 8.14. The molecule has 2 fully saturated rings. The van der Waals surface area contributed by atoms with Crippen molar-refractivity contribution in [3.8, 4) is 0 Å². The van der Waals surface area contributed by atoms with Crippen molar-refractivity contribution in [3.05, 3.63) is 35.8 Å². The van der Waals surface area contributed by atoms with Crippen molar-refractivity contribution in [2.75, 3.05) is 12.3 Å². The van der Waals surface area contributed by atoms with Crippen LogP contribution in [-0.2, 0) is 16.4 Å². The van der Waals surface area contributed by atoms with Gasteiger partial charge in [-0.15, -0.1) is 0 Å². The molecule has 3 atom stereocenters. The summed E-state index contributed by atoms with van der Waals surface area (Å²) >= 11 is 0. The monoisotopic (exact) mass is 364 g/mol. The van der Waals surface area contributed by atoms with Gasteiger partial charge in [-0.1, -0.05) is 6.42 Å². The molecule has 25 heavy (non-hydrogen) atoms. The molecule has 1 heterocycles. The van der Waals surface area contributed by atoms with Crippen molar-refractivity contribution < 1.29 is 12.8 Å². The highest BCUT2D eigenvalue weighted by molar-refractivity contribution is 7.89. The van der Waals surface area contributed by atoms with Crippen LogP contribution in [0.2, 0.25) is 0 Å². The van der Waals surface area contributed by atoms with E-state index in [1.807, 2.05) is 6.20 Å². The summed E-state index contributed by atoms with van der Waals surface area (Å²) < 4.78 is 40.8. The van der Waals surface area contributed by atoms with Gasteiger partial charge in [0.25, 0.3) is 0 Å². The first-order chi connectivity index (χ1) is 12.0. The quantitative estimate of drug-likeness (QED) is 0.738. The van der Waals surface area contributed by atoms with Gasteiger partial charge in [-0.2, -0.15) is 0 Å². The second kappa shape index (κ2) is 6.72. The molecule has 2 aromatic rings. The van der Waals surface area contributed by atoms with Crippen molar-refractivity contribution in [3.63, 3.8) is 0 Å². The number of sulfonamides is 1. The molecule has 0 spiro atoms. The van der Waals surface area contributed by atoms with Crippen LogP contribution in [0.1, 0.15) is 37.7 Å². The maximum Gasteiger partial charge on any atom is 0.211 e. The van der Waals surface area contributed by atoms with Gasteiger partial charge in [-0.25, -0.2) is 17.5 Å². The fraction of sp³-hybridized carbons (Fsp3) is 0.579. The number of nitrogens with one attached hydrogen (secondary N) is 2. The van der Waals surface area contributed by atoms with E-state index in [-0.39, 0.29) is 11.6 Å². The van der Waals surface area contributed by atoms with Crippen LogP contribution in [0.4, 0.5) is 4.39 Å². The highest BCUT2D eigenvalue weighted by atomic mass is 32.2. The first-order valence-corrected chi connectivity index (χ1v) is 10.9. The highest BCUT2D eigenvalue weighted by Gasteiger charge is 2.41. The van der Waals surface area contributed by atoms with E-state index < -0.39 is 10.0 Å². The molecule has 2 aliphatic carbocycles. The molecular weight excluding hydrogens is 339 g/mol. The van der Waals surface area contributed by atoms with Crippen LogP contribution < -0.4 is 4.72 Å². The summed E-state index contributed by atoms with van der Waals surface area (Å²) in [6, 6.07) is 4.69. The Morgan fingerprint density at radius 3 is 2.88 bits per heavy atom. The number of benzene rings is 1. The zero-order valence-corrected chi connectivity index (χ0v) is 15.1. The van der Waals surface area contributed by atoms with Crippen molar-refractivity contribution in [2.24, 2.45) is 17.8 Å². The molecule has 2 aliphatic rings. The average Bonchev–Trinajstić information content (AvgIpc) is 3.26. The van der Waals surface area contributed by atoms with Crippen LogP contribution >= 0.6 is 0 Å². The van der Waals surface area contributed by atoms with Crippen LogP contribution in [0.25, 0.3) is 10.9 Å². The van der Waals surface area contributed by atoms with Crippen LogP contribution in [0.3, 0.4) is 0 Å². The third-order valence-electron chi connectivity index (χ3n) is 5.99. The van der Waals surface area contributed by atoms with Crippen molar-refractivity contribution in [1.82, 2.24) is 9.71 Å². The smallest absolute Gasteiger partial charge is 0.211 e. The Morgan fingerprint density at radius 1 is 1.24 bits per heavy atom. The molecule has 0 radical (unpaired) electrons. The molecule has 136 valence electrons. The molecule has 1 aromatic heterocycles. The third-order valence-corrected chi connectivity index (χ3v) is 7.50. The minimum atomic E-state index is -3.20. The molecule has 2 bridgehead atoms. The molecule has 3 unspecified atom stereocenters. The van der Waals surface area contributed by atoms with Gasteiger partial charge in [0.05, 0.1) is 5.75 Å². The second-order valence-corrected chi connectivity index (χ2v) is 9.57. The normalized spacial score (nSPS) is 25.9. The van der Waals surface area contributed by atoms with Gasteiger partial charge in [-0.3, -0.25) is 0 Å². The van der Waals surface area contributed by atoms with E-state index in [2.05, 4.69) is 9.71 Å². The zero-order valence-electron chi connectivity index (χ0n) is 14.3. The largest absolute Gasteiger partial charge is 0.361 e. The lowest BCUT2D eigenvalue weighted by Crippen LogP contribution is -2.32. The summed E-state index contributed by atoms with van der Waals surface area (Å²) in [5.41, 5.74) is 1.94. The van der Waals surface area contributed by atoms with E-state index in [1.54, 1.807) is 6.07 Å². The van der Waals surface area contributed by atoms with E-state index in [0.717, 1.165) is 35.2 Å². The second-order valence-electron chi connectivity index (χ2n) is 7.72. The standard InChI is InChI=1S/C19H25FN2O2S/c20-17-5-6-19-18(10-17)15(11-21-19)2-1-7-22-25(23,24)12-16-9-13-3-4-14(16)8-13/h5-6,10-11,13-14,16,21-22H,1-4,7-9,12H2. The van der Waals surface area contributed by atoms with Crippen LogP contribution in [0.5, 0.6) is 0 Å². The topological polar surface area (TPSA) is 62.0 Å². The van der Waals surface area contributed by atoms with Crippen LogP contribution in [-0.4, -0.2) is 25.7 Å². The molecule has 0 aliphatic heterocycles. The number of aromatic amines is 1. The van der Waals surface area contributed by atoms with Gasteiger partial charge in [0.2, 0.25) is 10.0 Å². The molecule has 4 rings (SSSR count). The molecule has 6 heteroatoms. The molecule has 2 saturated carbocycles. The van der Waals surface area contributed by atoms with Crippen molar-refractivity contribution in [1.29, 1.82) is 0 Å². The zero-order chi connectivity index (χ0) is 17.4. The van der Waals surface area contributed by atoms with Crippen molar-refractivity contribution in [2.45, 2.75) is 38.5 Å². The van der Waals surface area contributed by atoms with Gasteiger partial charge >= 0.3 is 0 Å². The molecule has 0 amide bonds. The maximum atomic E-state index is 13.4. The number of H-pyrrole nitrogens is 1. The number of aryl methyl sites for hydroxylation is 1. The predicted molar refractivity (Wildman–Crippen MR) is 97.3 cm³/mol. The Bertz CT molecular complexity index is 861. The van der Waals surface area contributed by atoms with Crippen LogP contribution in [0, 0.1) is 23.6 Å². The minimum Gasteiger partial charge on any atom is -0.361 e. The molecule has 4 nitrogen and oxygen atoms in total. The van der Waals surface area contributed by atoms with E-state index >= 15 is 0 Å². The summed E-state index contributed by atoms with van der Waals surface area (Å²) in [5.74, 6) is 1.79. The predicted octanol–water partition coefficient (Wildman–Crippen LogP) is 3.60. The Balaban J connectivity index is 1.27. The number of aromatic nitrogens is 1. The van der Waals surface area contributed by atoms with Gasteiger partial charge in [0.1, 0.15) is 5.82 Å². The Labute approximate surface area is 148 Å². The van der Waals surface area contributed by atoms with Crippen LogP contribution in [0.15, 0.2) is 24.4 Å². The lowest BCUT2D eigenvalue weighted by atomic mass is 9.90. The first-order valence-electron chi connectivity index (χ1n) is 9.23. The maximum absolute atomic E-state index is 13.4. The number of halogens is 1. The SMILES string of the molecule is O=S(=O)(CC1CC2CCC1C2)NCCCc1c[nH]c2ccc(F)cc12. The fourth-order valence-corrected chi connectivity index (χ4v) is 6.33. The van der Waals surface area contributed by atoms with Gasteiger partial charge in [0.15, 0.2) is 0 Å². The summed E-state index contributed by atoms with van der Waals surface area (Å²) in [4.78, 5) is 3.13. The number of rotatable bonds is 7. The Hall–Kier alpha value is -1.40. The van der Waals surface area contributed by atoms with E-state index in [0.29, 0.717) is 24.8 Å². The molecular formula is C19H25FN2O2S. The van der Waals surface area contributed by atoms with Gasteiger partial charge in [0, 0.05) is 23.6 Å². The highest BCUT2D eigenvalue weighted by Crippen LogP contribution is 2.48. The fourth-order valence-electron chi connectivity index (χ4n) is 4.79. The lowest BCUT2D eigenvalue weighted by molar-refractivity contribution is 0.359. The summed E-state index contributed by atoms with van der Waals surface area (Å²) in [6.45, 7) is 0.436. The third kappa shape index (κ3) is 3.75. The molecule has 1 aromatic carbocycles. The number of hydrogen-bond donors (Lipinski definition) is 2. The molecule has 2 N–H and O–H groups in total. The first kappa shape index (κ1) is 17.0. The summed E-state index contributed by atoms with van der Waals surface area (Å²) in [5, 5.41) is 0.879. The van der Waals surface area contributed by atoms with E-state index in [9.17, 15) is 12.8 Å².